The van der Waals surface area contributed by atoms with Crippen molar-refractivity contribution in [2.24, 2.45) is 0 Å². The Morgan fingerprint density at radius 1 is 1.06 bits per heavy atom. The molecule has 0 saturated heterocycles. The van der Waals surface area contributed by atoms with Gasteiger partial charge in [-0.15, -0.1) is 0 Å². The molecule has 2 amide bonds. The van der Waals surface area contributed by atoms with E-state index >= 15 is 0 Å². The van der Waals surface area contributed by atoms with Crippen molar-refractivity contribution < 1.29 is 18.0 Å². The van der Waals surface area contributed by atoms with Gasteiger partial charge in [-0.3, -0.25) is 13.9 Å². The molecule has 0 spiro atoms. The number of para-hydroxylation sites is 1. The molecule has 0 fully saturated rings. The molecule has 32 heavy (non-hydrogen) atoms. The minimum Gasteiger partial charge on any atom is -0.350 e. The molecule has 0 aliphatic carbocycles. The van der Waals surface area contributed by atoms with Gasteiger partial charge in [-0.1, -0.05) is 25.1 Å². The first-order chi connectivity index (χ1) is 15.0. The molecule has 8 heteroatoms. The summed E-state index contributed by atoms with van der Waals surface area (Å²) in [5.41, 5.74) is 3.37. The highest BCUT2D eigenvalue weighted by Crippen LogP contribution is 2.22. The van der Waals surface area contributed by atoms with Gasteiger partial charge in [0.05, 0.1) is 23.2 Å². The van der Waals surface area contributed by atoms with Gasteiger partial charge < -0.3 is 10.6 Å². The number of benzene rings is 2. The molecule has 2 aromatic rings. The van der Waals surface area contributed by atoms with Crippen LogP contribution in [0.3, 0.4) is 0 Å². The fourth-order valence-electron chi connectivity index (χ4n) is 3.37. The van der Waals surface area contributed by atoms with Gasteiger partial charge in [0.2, 0.25) is 15.9 Å². The Bertz CT molecular complexity index is 1050. The zero-order chi connectivity index (χ0) is 23.9. The number of rotatable bonds is 10. The number of anilines is 2. The van der Waals surface area contributed by atoms with Crippen molar-refractivity contribution >= 4 is 33.2 Å². The van der Waals surface area contributed by atoms with Crippen LogP contribution in [0.5, 0.6) is 0 Å². The van der Waals surface area contributed by atoms with E-state index in [1.165, 1.54) is 4.31 Å². The zero-order valence-corrected chi connectivity index (χ0v) is 20.3. The normalized spacial score (nSPS) is 12.2. The highest BCUT2D eigenvalue weighted by atomic mass is 32.2. The molecule has 0 aliphatic heterocycles. The summed E-state index contributed by atoms with van der Waals surface area (Å²) in [4.78, 5) is 25.0. The summed E-state index contributed by atoms with van der Waals surface area (Å²) in [7, 11) is -3.49. The number of amides is 2. The largest absolute Gasteiger partial charge is 0.350 e. The van der Waals surface area contributed by atoms with Crippen LogP contribution in [0.15, 0.2) is 42.5 Å². The van der Waals surface area contributed by atoms with E-state index in [2.05, 4.69) is 10.6 Å². The maximum atomic E-state index is 12.5. The molecule has 2 N–H and O–H groups in total. The van der Waals surface area contributed by atoms with Crippen LogP contribution in [-0.4, -0.2) is 39.1 Å². The molecule has 2 aromatic carbocycles. The van der Waals surface area contributed by atoms with E-state index in [-0.39, 0.29) is 30.8 Å². The Morgan fingerprint density at radius 2 is 1.69 bits per heavy atom. The summed E-state index contributed by atoms with van der Waals surface area (Å²) in [6, 6.07) is 12.5. The third-order valence-electron chi connectivity index (χ3n) is 5.10. The van der Waals surface area contributed by atoms with Crippen molar-refractivity contribution in [1.29, 1.82) is 0 Å². The summed E-state index contributed by atoms with van der Waals surface area (Å²) in [5.74, 6) is -0.518. The fourth-order valence-corrected chi connectivity index (χ4v) is 4.32. The number of sulfonamides is 1. The monoisotopic (exact) mass is 459 g/mol. The first-order valence-corrected chi connectivity index (χ1v) is 12.6. The second-order valence-electron chi connectivity index (χ2n) is 8.16. The predicted molar refractivity (Wildman–Crippen MR) is 130 cm³/mol. The van der Waals surface area contributed by atoms with Gasteiger partial charge >= 0.3 is 0 Å². The molecule has 1 unspecified atom stereocenters. The third-order valence-corrected chi connectivity index (χ3v) is 6.29. The van der Waals surface area contributed by atoms with Crippen molar-refractivity contribution in [3.05, 3.63) is 59.2 Å². The number of hydrogen-bond acceptors (Lipinski definition) is 4. The zero-order valence-electron chi connectivity index (χ0n) is 19.4. The van der Waals surface area contributed by atoms with E-state index in [0.29, 0.717) is 23.4 Å². The molecule has 0 saturated carbocycles. The molecule has 0 bridgehead atoms. The average molecular weight is 460 g/mol. The van der Waals surface area contributed by atoms with Gasteiger partial charge in [0.15, 0.2) is 0 Å². The van der Waals surface area contributed by atoms with E-state index in [0.717, 1.165) is 23.8 Å². The van der Waals surface area contributed by atoms with E-state index in [1.807, 2.05) is 45.9 Å². The molecule has 0 aromatic heterocycles. The fraction of sp³-hybridized carbons (Fsp3) is 0.417. The van der Waals surface area contributed by atoms with Crippen molar-refractivity contribution in [3.63, 3.8) is 0 Å². The van der Waals surface area contributed by atoms with Crippen LogP contribution >= 0.6 is 0 Å². The number of hydrogen-bond donors (Lipinski definition) is 2. The van der Waals surface area contributed by atoms with Gasteiger partial charge in [-0.2, -0.15) is 0 Å². The maximum Gasteiger partial charge on any atom is 0.253 e. The number of nitrogens with one attached hydrogen (secondary N) is 2. The van der Waals surface area contributed by atoms with Crippen LogP contribution in [-0.2, 0) is 14.8 Å². The standard InChI is InChI=1S/C24H33N3O4S/c1-6-19(4)25-24(29)21-10-7-8-11-22(21)26-23(28)12-9-13-27(32(5,30)31)20-15-17(2)14-18(3)16-20/h7-8,10-11,14-16,19H,6,9,12-13H2,1-5H3,(H,25,29)(H,26,28). The maximum absolute atomic E-state index is 12.5. The molecule has 1 atom stereocenters. The second-order valence-corrected chi connectivity index (χ2v) is 10.1. The molecule has 2 rings (SSSR count). The highest BCUT2D eigenvalue weighted by molar-refractivity contribution is 7.92. The lowest BCUT2D eigenvalue weighted by Gasteiger charge is -2.23. The Labute approximate surface area is 191 Å². The first-order valence-electron chi connectivity index (χ1n) is 10.8. The minimum atomic E-state index is -3.49. The summed E-state index contributed by atoms with van der Waals surface area (Å²) in [6.07, 6.45) is 2.43. The Kier molecular flexibility index (Phi) is 8.83. The van der Waals surface area contributed by atoms with Crippen LogP contribution in [0.2, 0.25) is 0 Å². The number of carbonyl (C=O) groups is 2. The second kappa shape index (κ2) is 11.1. The minimum absolute atomic E-state index is 0.0264. The summed E-state index contributed by atoms with van der Waals surface area (Å²) in [5, 5.41) is 5.68. The van der Waals surface area contributed by atoms with Gasteiger partial charge in [0.25, 0.3) is 5.91 Å². The number of nitrogens with zero attached hydrogens (tertiary/aromatic N) is 1. The lowest BCUT2D eigenvalue weighted by Crippen LogP contribution is -2.33. The lowest BCUT2D eigenvalue weighted by molar-refractivity contribution is -0.116. The predicted octanol–water partition coefficient (Wildman–Crippen LogP) is 4.02. The molecular formula is C24H33N3O4S. The lowest BCUT2D eigenvalue weighted by atomic mass is 10.1. The van der Waals surface area contributed by atoms with E-state index in [4.69, 9.17) is 0 Å². The van der Waals surface area contributed by atoms with Crippen LogP contribution in [0, 0.1) is 13.8 Å². The van der Waals surface area contributed by atoms with Gasteiger partial charge in [-0.05, 0) is 69.0 Å². The topological polar surface area (TPSA) is 95.6 Å². The van der Waals surface area contributed by atoms with Crippen molar-refractivity contribution in [2.45, 2.75) is 53.0 Å². The van der Waals surface area contributed by atoms with E-state index < -0.39 is 10.0 Å². The van der Waals surface area contributed by atoms with E-state index in [9.17, 15) is 18.0 Å². The number of carbonyl (C=O) groups excluding carboxylic acids is 2. The summed E-state index contributed by atoms with van der Waals surface area (Å²) in [6.45, 7) is 7.92. The van der Waals surface area contributed by atoms with Crippen molar-refractivity contribution in [3.8, 4) is 0 Å². The molecule has 7 nitrogen and oxygen atoms in total. The van der Waals surface area contributed by atoms with Crippen molar-refractivity contribution in [1.82, 2.24) is 5.32 Å². The third kappa shape index (κ3) is 7.37. The smallest absolute Gasteiger partial charge is 0.253 e. The van der Waals surface area contributed by atoms with Crippen LogP contribution in [0.25, 0.3) is 0 Å². The van der Waals surface area contributed by atoms with Gasteiger partial charge in [0.1, 0.15) is 0 Å². The molecule has 0 aliphatic rings. The Hall–Kier alpha value is -2.87. The van der Waals surface area contributed by atoms with Gasteiger partial charge in [-0.25, -0.2) is 8.42 Å². The average Bonchev–Trinajstić information content (AvgIpc) is 2.69. The van der Waals surface area contributed by atoms with Crippen LogP contribution in [0.4, 0.5) is 11.4 Å². The molecule has 174 valence electrons. The number of aryl methyl sites for hydroxylation is 2. The van der Waals surface area contributed by atoms with Gasteiger partial charge in [0, 0.05) is 19.0 Å². The Morgan fingerprint density at radius 3 is 2.28 bits per heavy atom. The quantitative estimate of drug-likeness (QED) is 0.561. The first kappa shape index (κ1) is 25.4. The molecule has 0 radical (unpaired) electrons. The van der Waals surface area contributed by atoms with Crippen LogP contribution in [0.1, 0.15) is 54.6 Å². The summed E-state index contributed by atoms with van der Waals surface area (Å²) < 4.78 is 26.0. The highest BCUT2D eigenvalue weighted by Gasteiger charge is 2.19. The van der Waals surface area contributed by atoms with Crippen LogP contribution < -0.4 is 14.9 Å². The van der Waals surface area contributed by atoms with Crippen molar-refractivity contribution in [2.75, 3.05) is 22.4 Å². The summed E-state index contributed by atoms with van der Waals surface area (Å²) >= 11 is 0. The molecular weight excluding hydrogens is 426 g/mol. The Balaban J connectivity index is 2.04. The molecule has 0 heterocycles. The SMILES string of the molecule is CCC(C)NC(=O)c1ccccc1NC(=O)CCCN(c1cc(C)cc(C)c1)S(C)(=O)=O. The van der Waals surface area contributed by atoms with E-state index in [1.54, 1.807) is 24.3 Å².